The molecule has 0 aromatic carbocycles. The molecule has 0 bridgehead atoms. The first-order chi connectivity index (χ1) is 8.70. The summed E-state index contributed by atoms with van der Waals surface area (Å²) in [6.45, 7) is 10.9. The monoisotopic (exact) mass is 305 g/mol. The molecule has 0 aliphatic rings. The number of aliphatic hydroxyl groups is 3. The number of aliphatic hydroxyl groups excluding tert-OH is 3. The van der Waals surface area contributed by atoms with E-state index in [0.29, 0.717) is 6.61 Å². The number of carbonyl (C=O) groups is 1. The van der Waals surface area contributed by atoms with Gasteiger partial charge in [0, 0.05) is 17.4 Å². The third-order valence-corrected chi connectivity index (χ3v) is 1.79. The maximum absolute atomic E-state index is 10.4. The third-order valence-electron chi connectivity index (χ3n) is 1.79. The molecule has 0 aromatic heterocycles. The lowest BCUT2D eigenvalue weighted by molar-refractivity contribution is -0.137. The zero-order valence-corrected chi connectivity index (χ0v) is 14.7. The molecule has 0 saturated heterocycles. The Labute approximate surface area is 133 Å². The normalized spacial score (nSPS) is 12.5. The Balaban J connectivity index is -0.000000101. The molecule has 0 heterocycles. The molecule has 0 aliphatic heterocycles. The van der Waals surface area contributed by atoms with E-state index in [1.165, 1.54) is 6.92 Å². The fourth-order valence-electron chi connectivity index (χ4n) is 0.354. The van der Waals surface area contributed by atoms with Gasteiger partial charge >= 0.3 is 5.97 Å². The average Bonchev–Trinajstić information content (AvgIpc) is 2.29. The van der Waals surface area contributed by atoms with Crippen molar-refractivity contribution < 1.29 is 24.9 Å². The van der Waals surface area contributed by atoms with Crippen molar-refractivity contribution in [1.82, 2.24) is 0 Å². The molecule has 0 saturated carbocycles. The molecule has 0 aromatic rings. The Kier molecular flexibility index (Phi) is 28.8. The minimum Gasteiger partial charge on any atom is -0.512 e. The first-order valence-corrected chi connectivity index (χ1v) is 6.61. The molecule has 6 heteroatoms. The second-order valence-electron chi connectivity index (χ2n) is 4.05. The largest absolute Gasteiger partial charge is 0.512 e. The van der Waals surface area contributed by atoms with Gasteiger partial charge < -0.3 is 20.1 Å². The summed E-state index contributed by atoms with van der Waals surface area (Å²) in [6.07, 6.45) is 2.52. The van der Waals surface area contributed by atoms with Gasteiger partial charge in [0.2, 0.25) is 0 Å². The van der Waals surface area contributed by atoms with E-state index in [1.54, 1.807) is 20.8 Å². The smallest absolute Gasteiger partial charge is 0.334 e. The first-order valence-electron chi connectivity index (χ1n) is 6.61. The van der Waals surface area contributed by atoms with Crippen LogP contribution in [0.25, 0.3) is 0 Å². The van der Waals surface area contributed by atoms with Crippen LogP contribution in [0.5, 0.6) is 0 Å². The zero-order chi connectivity index (χ0) is 15.8. The maximum Gasteiger partial charge on any atom is 0.334 e. The van der Waals surface area contributed by atoms with Crippen molar-refractivity contribution in [3.8, 4) is 0 Å². The molecule has 0 amide bonds. The number of hydrogen-bond donors (Lipinski definition) is 3. The summed E-state index contributed by atoms with van der Waals surface area (Å²) < 4.78 is 4.48. The number of esters is 1. The van der Waals surface area contributed by atoms with Gasteiger partial charge in [0.1, 0.15) is 0 Å². The van der Waals surface area contributed by atoms with Crippen LogP contribution in [-0.2, 0) is 9.53 Å². The van der Waals surface area contributed by atoms with Gasteiger partial charge in [0.25, 0.3) is 0 Å². The molecular formula is C14H30AlO5. The summed E-state index contributed by atoms with van der Waals surface area (Å²) in [5.74, 6) is -0.536. The summed E-state index contributed by atoms with van der Waals surface area (Å²) in [5.41, 5.74) is 0. The lowest BCUT2D eigenvalue weighted by Gasteiger charge is -1.93. The minimum atomic E-state index is -0.502. The van der Waals surface area contributed by atoms with Crippen LogP contribution in [0.15, 0.2) is 11.8 Å². The van der Waals surface area contributed by atoms with Crippen LogP contribution in [0.2, 0.25) is 0 Å². The van der Waals surface area contributed by atoms with E-state index in [4.69, 9.17) is 15.3 Å². The van der Waals surface area contributed by atoms with Crippen molar-refractivity contribution in [3.63, 3.8) is 0 Å². The summed E-state index contributed by atoms with van der Waals surface area (Å²) in [5, 5.41) is 25.2. The number of hydrogen-bond acceptors (Lipinski definition) is 5. The highest BCUT2D eigenvalue weighted by molar-refractivity contribution is 5.82. The molecule has 5 nitrogen and oxygen atoms in total. The van der Waals surface area contributed by atoms with Crippen molar-refractivity contribution in [1.29, 1.82) is 0 Å². The van der Waals surface area contributed by atoms with Gasteiger partial charge in [-0.15, -0.1) is 0 Å². The lowest BCUT2D eigenvalue weighted by atomic mass is 10.3. The van der Waals surface area contributed by atoms with Gasteiger partial charge in [-0.05, 0) is 40.5 Å². The molecule has 0 rings (SSSR count). The van der Waals surface area contributed by atoms with Crippen LogP contribution in [0, 0.1) is 0 Å². The van der Waals surface area contributed by atoms with Crippen LogP contribution >= 0.6 is 0 Å². The second kappa shape index (κ2) is 20.8. The minimum absolute atomic E-state index is 0. The van der Waals surface area contributed by atoms with Crippen LogP contribution in [0.4, 0.5) is 0 Å². The molecule has 0 spiro atoms. The number of rotatable bonds is 4. The molecule has 2 unspecified atom stereocenters. The highest BCUT2D eigenvalue weighted by atomic mass is 27.0. The topological polar surface area (TPSA) is 87.0 Å². The van der Waals surface area contributed by atoms with Crippen LogP contribution in [-0.4, -0.2) is 57.5 Å². The van der Waals surface area contributed by atoms with Crippen LogP contribution < -0.4 is 0 Å². The van der Waals surface area contributed by atoms with Crippen molar-refractivity contribution >= 4 is 23.3 Å². The molecule has 0 fully saturated rings. The standard InChI is InChI=1S/C6H10O3.2C4H10O.Al/c1-3-9-6(8)4-5(2)7;2*1-3-4(2)5;/h4,7H,3H2,1-2H3;2*4-5H,3H2,1-2H3;. The zero-order valence-electron chi connectivity index (χ0n) is 13.6. The third kappa shape index (κ3) is 43.2. The fourth-order valence-corrected chi connectivity index (χ4v) is 0.354. The first kappa shape index (κ1) is 27.7. The summed E-state index contributed by atoms with van der Waals surface area (Å²) in [6, 6.07) is 0. The van der Waals surface area contributed by atoms with E-state index in [0.717, 1.165) is 18.9 Å². The fraction of sp³-hybridized carbons (Fsp3) is 0.786. The van der Waals surface area contributed by atoms with Gasteiger partial charge in [-0.2, -0.15) is 0 Å². The van der Waals surface area contributed by atoms with Gasteiger partial charge in [-0.3, -0.25) is 0 Å². The predicted octanol–water partition coefficient (Wildman–Crippen LogP) is 2.18. The summed E-state index contributed by atoms with van der Waals surface area (Å²) in [4.78, 5) is 10.4. The molecule has 20 heavy (non-hydrogen) atoms. The van der Waals surface area contributed by atoms with Crippen LogP contribution in [0.1, 0.15) is 54.4 Å². The average molecular weight is 305 g/mol. The maximum atomic E-state index is 10.4. The number of carbonyl (C=O) groups excluding carboxylic acids is 1. The van der Waals surface area contributed by atoms with Gasteiger partial charge in [0.05, 0.1) is 30.6 Å². The highest BCUT2D eigenvalue weighted by Crippen LogP contribution is 1.86. The quantitative estimate of drug-likeness (QED) is 0.321. The molecule has 0 aliphatic carbocycles. The number of allylic oxidation sites excluding steroid dienone is 1. The molecule has 3 N–H and O–H groups in total. The van der Waals surface area contributed by atoms with Gasteiger partial charge in [0.15, 0.2) is 0 Å². The van der Waals surface area contributed by atoms with Gasteiger partial charge in [-0.1, -0.05) is 13.8 Å². The van der Waals surface area contributed by atoms with E-state index in [-0.39, 0.29) is 35.3 Å². The highest BCUT2D eigenvalue weighted by Gasteiger charge is 1.94. The van der Waals surface area contributed by atoms with E-state index < -0.39 is 5.97 Å². The molecule has 3 radical (unpaired) electrons. The Morgan fingerprint density at radius 3 is 1.55 bits per heavy atom. The van der Waals surface area contributed by atoms with E-state index in [9.17, 15) is 4.79 Å². The Morgan fingerprint density at radius 1 is 1.10 bits per heavy atom. The predicted molar refractivity (Wildman–Crippen MR) is 82.7 cm³/mol. The summed E-state index contributed by atoms with van der Waals surface area (Å²) in [7, 11) is 0. The summed E-state index contributed by atoms with van der Waals surface area (Å²) >= 11 is 0. The van der Waals surface area contributed by atoms with Crippen molar-refractivity contribution in [2.45, 2.75) is 66.6 Å². The SMILES string of the molecule is CCC(C)O.CCC(C)O.CCOC(=O)C=C(C)O.[Al]. The molecular weight excluding hydrogens is 275 g/mol. The second-order valence-corrected chi connectivity index (χ2v) is 4.05. The van der Waals surface area contributed by atoms with Crippen molar-refractivity contribution in [2.24, 2.45) is 0 Å². The van der Waals surface area contributed by atoms with Gasteiger partial charge in [-0.25, -0.2) is 4.79 Å². The van der Waals surface area contributed by atoms with Crippen molar-refractivity contribution in [2.75, 3.05) is 6.61 Å². The Hall–Kier alpha value is -0.538. The van der Waals surface area contributed by atoms with Crippen molar-refractivity contribution in [3.05, 3.63) is 11.8 Å². The van der Waals surface area contributed by atoms with E-state index >= 15 is 0 Å². The Morgan fingerprint density at radius 2 is 1.40 bits per heavy atom. The molecule has 2 atom stereocenters. The Bertz CT molecular complexity index is 216. The lowest BCUT2D eigenvalue weighted by Crippen LogP contribution is -1.99. The number of ether oxygens (including phenoxy) is 1. The van der Waals surface area contributed by atoms with E-state index in [1.807, 2.05) is 13.8 Å². The molecule has 119 valence electrons. The van der Waals surface area contributed by atoms with E-state index in [2.05, 4.69) is 4.74 Å². The van der Waals surface area contributed by atoms with Crippen LogP contribution in [0.3, 0.4) is 0 Å².